The van der Waals surface area contributed by atoms with Crippen LogP contribution in [0.4, 0.5) is 5.95 Å². The van der Waals surface area contributed by atoms with Gasteiger partial charge in [-0.2, -0.15) is 10.1 Å². The lowest BCUT2D eigenvalue weighted by Crippen LogP contribution is -2.37. The van der Waals surface area contributed by atoms with E-state index in [0.717, 1.165) is 15.7 Å². The van der Waals surface area contributed by atoms with Crippen LogP contribution in [0.3, 0.4) is 0 Å². The Labute approximate surface area is 160 Å². The lowest BCUT2D eigenvalue weighted by Gasteiger charge is -2.08. The van der Waals surface area contributed by atoms with Gasteiger partial charge in [0.1, 0.15) is 0 Å². The Morgan fingerprint density at radius 3 is 2.56 bits per heavy atom. The fourth-order valence-corrected chi connectivity index (χ4v) is 2.80. The third-order valence-corrected chi connectivity index (χ3v) is 4.28. The number of rotatable bonds is 5. The summed E-state index contributed by atoms with van der Waals surface area (Å²) >= 11 is 5.87. The first-order chi connectivity index (χ1) is 12.8. The first-order valence-electron chi connectivity index (χ1n) is 8.15. The molecule has 0 radical (unpaired) electrons. The van der Waals surface area contributed by atoms with Crippen LogP contribution in [0, 0.1) is 0 Å². The van der Waals surface area contributed by atoms with Crippen LogP contribution in [0.2, 0.25) is 5.02 Å². The number of fused-ring (bicyclic) bond motifs is 1. The Kier molecular flexibility index (Phi) is 5.00. The minimum atomic E-state index is -0.441. The number of allylic oxidation sites excluding steroid dienone is 1. The number of benzene rings is 1. The van der Waals surface area contributed by atoms with Crippen LogP contribution >= 0.6 is 11.6 Å². The van der Waals surface area contributed by atoms with Crippen LogP contribution in [0.5, 0.6) is 0 Å². The lowest BCUT2D eigenvalue weighted by atomic mass is 10.2. The molecule has 27 heavy (non-hydrogen) atoms. The maximum Gasteiger partial charge on any atom is 0.332 e. The van der Waals surface area contributed by atoms with E-state index in [0.29, 0.717) is 23.0 Å². The predicted molar refractivity (Wildman–Crippen MR) is 108 cm³/mol. The number of anilines is 1. The molecule has 0 aliphatic carbocycles. The van der Waals surface area contributed by atoms with Crippen LogP contribution in [0.1, 0.15) is 12.5 Å². The number of nitrogens with one attached hydrogen (secondary N) is 1. The Morgan fingerprint density at radius 1 is 1.26 bits per heavy atom. The molecular weight excluding hydrogens is 368 g/mol. The van der Waals surface area contributed by atoms with E-state index in [9.17, 15) is 9.59 Å². The number of nitrogens with zero attached hydrogens (tertiary/aromatic N) is 5. The molecule has 9 heteroatoms. The zero-order valence-electron chi connectivity index (χ0n) is 15.2. The molecule has 0 unspecified atom stereocenters. The molecule has 1 N–H and O–H groups in total. The molecule has 0 bridgehead atoms. The largest absolute Gasteiger partial charge is 0.332 e. The zero-order chi connectivity index (χ0) is 19.7. The van der Waals surface area contributed by atoms with Crippen molar-refractivity contribution in [2.75, 3.05) is 5.43 Å². The van der Waals surface area contributed by atoms with Crippen molar-refractivity contribution in [2.45, 2.75) is 13.5 Å². The average Bonchev–Trinajstić information content (AvgIpc) is 2.98. The van der Waals surface area contributed by atoms with Crippen LogP contribution in [0.25, 0.3) is 11.2 Å². The number of halogens is 1. The summed E-state index contributed by atoms with van der Waals surface area (Å²) in [7, 11) is 3.01. The first-order valence-corrected chi connectivity index (χ1v) is 8.52. The minimum absolute atomic E-state index is 0.286. The summed E-state index contributed by atoms with van der Waals surface area (Å²) in [6, 6.07) is 7.17. The van der Waals surface area contributed by atoms with Gasteiger partial charge in [-0.3, -0.25) is 18.5 Å². The van der Waals surface area contributed by atoms with Crippen molar-refractivity contribution >= 4 is 34.9 Å². The van der Waals surface area contributed by atoms with E-state index >= 15 is 0 Å². The van der Waals surface area contributed by atoms with Crippen molar-refractivity contribution in [3.63, 3.8) is 0 Å². The van der Waals surface area contributed by atoms with Gasteiger partial charge < -0.3 is 0 Å². The van der Waals surface area contributed by atoms with Crippen molar-refractivity contribution in [1.29, 1.82) is 0 Å². The average molecular weight is 387 g/mol. The highest BCUT2D eigenvalue weighted by Gasteiger charge is 2.18. The van der Waals surface area contributed by atoms with E-state index in [-0.39, 0.29) is 5.65 Å². The molecule has 140 valence electrons. The molecule has 8 nitrogen and oxygen atoms in total. The molecule has 0 saturated carbocycles. The quantitative estimate of drug-likeness (QED) is 0.413. The van der Waals surface area contributed by atoms with Crippen LogP contribution in [-0.4, -0.2) is 24.9 Å². The highest BCUT2D eigenvalue weighted by molar-refractivity contribution is 6.30. The molecular formula is C18H19ClN6O2. The number of hydrazone groups is 1. The molecule has 0 atom stereocenters. The molecule has 0 aliphatic heterocycles. The second-order valence-corrected chi connectivity index (χ2v) is 6.71. The van der Waals surface area contributed by atoms with E-state index in [1.165, 1.54) is 11.6 Å². The monoisotopic (exact) mass is 386 g/mol. The fourth-order valence-electron chi connectivity index (χ4n) is 2.67. The topological polar surface area (TPSA) is 86.2 Å². The Bertz CT molecular complexity index is 1170. The van der Waals surface area contributed by atoms with Gasteiger partial charge in [0.25, 0.3) is 5.56 Å². The number of hydrogen-bond donors (Lipinski definition) is 1. The van der Waals surface area contributed by atoms with E-state index < -0.39 is 11.2 Å². The standard InChI is InChI=1S/C18H19ClN6O2/c1-11(2)10-25-14-15(23(3)18(27)24(4)16(14)26)21-17(25)22-20-9-12-5-7-13(19)8-6-12/h5-9H,1,10H2,2-4H3,(H,21,22). The SMILES string of the molecule is C=C(C)Cn1c(NN=Cc2ccc(Cl)cc2)nc2c1c(=O)n(C)c(=O)n2C. The van der Waals surface area contributed by atoms with Crippen LogP contribution in [0.15, 0.2) is 51.1 Å². The minimum Gasteiger partial charge on any atom is -0.299 e. The Hall–Kier alpha value is -3.13. The van der Waals surface area contributed by atoms with Gasteiger partial charge in [0.2, 0.25) is 5.95 Å². The number of hydrogen-bond acceptors (Lipinski definition) is 5. The van der Waals surface area contributed by atoms with Gasteiger partial charge in [-0.25, -0.2) is 10.2 Å². The summed E-state index contributed by atoms with van der Waals surface area (Å²) in [5.74, 6) is 0.344. The molecule has 0 aliphatic rings. The third kappa shape index (κ3) is 3.56. The first kappa shape index (κ1) is 18.7. The molecule has 0 saturated heterocycles. The van der Waals surface area contributed by atoms with Crippen molar-refractivity contribution in [3.05, 3.63) is 67.8 Å². The van der Waals surface area contributed by atoms with Gasteiger partial charge in [-0.05, 0) is 24.6 Å². The number of aromatic nitrogens is 4. The summed E-state index contributed by atoms with van der Waals surface area (Å²) in [5.41, 5.74) is 4.26. The van der Waals surface area contributed by atoms with Gasteiger partial charge >= 0.3 is 5.69 Å². The van der Waals surface area contributed by atoms with Crippen LogP contribution in [-0.2, 0) is 20.6 Å². The van der Waals surface area contributed by atoms with Gasteiger partial charge in [-0.1, -0.05) is 35.9 Å². The molecule has 1 aromatic carbocycles. The van der Waals surface area contributed by atoms with Gasteiger partial charge in [0, 0.05) is 25.7 Å². The van der Waals surface area contributed by atoms with E-state index in [2.05, 4.69) is 22.1 Å². The Balaban J connectivity index is 2.09. The summed E-state index contributed by atoms with van der Waals surface area (Å²) in [6.07, 6.45) is 1.61. The molecule has 0 fully saturated rings. The van der Waals surface area contributed by atoms with Crippen molar-refractivity contribution in [2.24, 2.45) is 19.2 Å². The van der Waals surface area contributed by atoms with E-state index in [1.54, 1.807) is 30.0 Å². The molecule has 0 amide bonds. The Morgan fingerprint density at radius 2 is 1.93 bits per heavy atom. The molecule has 2 aromatic heterocycles. The maximum atomic E-state index is 12.6. The predicted octanol–water partition coefficient (Wildman–Crippen LogP) is 2.11. The number of aryl methyl sites for hydroxylation is 1. The van der Waals surface area contributed by atoms with Crippen LogP contribution < -0.4 is 16.7 Å². The van der Waals surface area contributed by atoms with Gasteiger partial charge in [0.05, 0.1) is 6.21 Å². The molecule has 0 spiro atoms. The smallest absolute Gasteiger partial charge is 0.299 e. The lowest BCUT2D eigenvalue weighted by molar-refractivity contribution is 0.702. The summed E-state index contributed by atoms with van der Waals surface area (Å²) in [5, 5.41) is 4.82. The maximum absolute atomic E-state index is 12.6. The van der Waals surface area contributed by atoms with Crippen molar-refractivity contribution in [1.82, 2.24) is 18.7 Å². The number of imidazole rings is 1. The highest BCUT2D eigenvalue weighted by atomic mass is 35.5. The van der Waals surface area contributed by atoms with E-state index in [4.69, 9.17) is 11.6 Å². The fraction of sp³-hybridized carbons (Fsp3) is 0.222. The summed E-state index contributed by atoms with van der Waals surface area (Å²) < 4.78 is 4.05. The highest BCUT2D eigenvalue weighted by Crippen LogP contribution is 2.17. The molecule has 3 rings (SSSR count). The van der Waals surface area contributed by atoms with Crippen molar-refractivity contribution in [3.8, 4) is 0 Å². The second-order valence-electron chi connectivity index (χ2n) is 6.28. The molecule has 3 aromatic rings. The van der Waals surface area contributed by atoms with Crippen molar-refractivity contribution < 1.29 is 0 Å². The summed E-state index contributed by atoms with van der Waals surface area (Å²) in [6.45, 7) is 6.11. The van der Waals surface area contributed by atoms with Gasteiger partial charge in [0.15, 0.2) is 11.2 Å². The van der Waals surface area contributed by atoms with Gasteiger partial charge in [-0.15, -0.1) is 0 Å². The van der Waals surface area contributed by atoms with E-state index in [1.807, 2.05) is 19.1 Å². The second kappa shape index (κ2) is 7.24. The summed E-state index contributed by atoms with van der Waals surface area (Å²) in [4.78, 5) is 29.2. The normalized spacial score (nSPS) is 11.4. The molecule has 2 heterocycles. The zero-order valence-corrected chi connectivity index (χ0v) is 16.0. The third-order valence-electron chi connectivity index (χ3n) is 4.02.